The third kappa shape index (κ3) is 3.08. The van der Waals surface area contributed by atoms with Crippen LogP contribution < -0.4 is 0 Å². The van der Waals surface area contributed by atoms with E-state index in [1.807, 2.05) is 0 Å². The molecule has 1 saturated carbocycles. The molecular weight excluding hydrogens is 496 g/mol. The summed E-state index contributed by atoms with van der Waals surface area (Å²) in [6, 6.07) is 0. The maximum Gasteiger partial charge on any atom is 0.229 e. The van der Waals surface area contributed by atoms with Crippen LogP contribution in [0.3, 0.4) is 0 Å². The molecule has 0 spiro atoms. The predicted molar refractivity (Wildman–Crippen MR) is 150 cm³/mol. The summed E-state index contributed by atoms with van der Waals surface area (Å²) in [5.41, 5.74) is 12.7. The molecular formula is C36H28O4. The lowest BCUT2D eigenvalue weighted by Crippen LogP contribution is -2.30. The number of hydrogen-bond acceptors (Lipinski definition) is 4. The van der Waals surface area contributed by atoms with Crippen molar-refractivity contribution in [2.75, 3.05) is 0 Å². The number of ketones is 4. The normalized spacial score (nSPS) is 33.4. The summed E-state index contributed by atoms with van der Waals surface area (Å²) in [7, 11) is 0. The van der Waals surface area contributed by atoms with Crippen LogP contribution in [0, 0.1) is 23.7 Å². The molecule has 9 rings (SSSR count). The standard InChI is InChI=1S/C36H28O4/c37-33-29-13-17-1-2-18-14-30-26-8-22(18)5-21(17)7-25(29)11-27-9-23-6-24-10-28(12-26)32(36(40)34(30)38)16-20(24)4-3-19(23)15-31(27)35(33)39/h1-4,7-10,17,19,30,32H,5-6,11-16H2. The van der Waals surface area contributed by atoms with E-state index in [4.69, 9.17) is 0 Å². The molecule has 0 aromatic carbocycles. The Labute approximate surface area is 232 Å². The van der Waals surface area contributed by atoms with Gasteiger partial charge in [0, 0.05) is 23.0 Å². The minimum atomic E-state index is -0.392. The first-order chi connectivity index (χ1) is 19.4. The van der Waals surface area contributed by atoms with Gasteiger partial charge in [0.05, 0.1) is 11.8 Å². The van der Waals surface area contributed by atoms with Crippen molar-refractivity contribution in [2.45, 2.75) is 51.4 Å². The number of Topliss-reactive ketones (excluding diaryl/α,β-unsaturated/α-hetero) is 4. The summed E-state index contributed by atoms with van der Waals surface area (Å²) in [4.78, 5) is 54.6. The Balaban J connectivity index is 1.29. The molecule has 8 bridgehead atoms. The summed E-state index contributed by atoms with van der Waals surface area (Å²) in [5, 5.41) is 0. The van der Waals surface area contributed by atoms with Gasteiger partial charge in [-0.05, 0) is 84.8 Å². The van der Waals surface area contributed by atoms with E-state index in [0.717, 1.165) is 46.3 Å². The maximum absolute atomic E-state index is 13.7. The molecule has 1 fully saturated rings. The van der Waals surface area contributed by atoms with Crippen molar-refractivity contribution < 1.29 is 19.2 Å². The van der Waals surface area contributed by atoms with Gasteiger partial charge in [0.25, 0.3) is 0 Å². The molecule has 9 aliphatic carbocycles. The Morgan fingerprint density at radius 3 is 1.38 bits per heavy atom. The molecule has 4 atom stereocenters. The Kier molecular flexibility index (Phi) is 4.48. The van der Waals surface area contributed by atoms with Gasteiger partial charge in [0.15, 0.2) is 0 Å². The molecule has 40 heavy (non-hydrogen) atoms. The van der Waals surface area contributed by atoms with Crippen molar-refractivity contribution in [2.24, 2.45) is 23.7 Å². The summed E-state index contributed by atoms with van der Waals surface area (Å²) in [5.74, 6) is -1.80. The van der Waals surface area contributed by atoms with E-state index < -0.39 is 11.8 Å². The Bertz CT molecular complexity index is 1640. The highest BCUT2D eigenvalue weighted by atomic mass is 16.2. The second kappa shape index (κ2) is 7.84. The molecule has 0 aliphatic heterocycles. The van der Waals surface area contributed by atoms with Gasteiger partial charge in [-0.3, -0.25) is 19.2 Å². The maximum atomic E-state index is 13.7. The van der Waals surface area contributed by atoms with Crippen LogP contribution in [-0.2, 0) is 19.2 Å². The lowest BCUT2D eigenvalue weighted by Gasteiger charge is -2.28. The summed E-state index contributed by atoms with van der Waals surface area (Å²) in [6.45, 7) is 0. The first kappa shape index (κ1) is 22.9. The highest BCUT2D eigenvalue weighted by Crippen LogP contribution is 2.50. The lowest BCUT2D eigenvalue weighted by atomic mass is 9.76. The molecule has 0 amide bonds. The van der Waals surface area contributed by atoms with Gasteiger partial charge in [0.2, 0.25) is 23.1 Å². The van der Waals surface area contributed by atoms with Crippen LogP contribution in [-0.4, -0.2) is 23.1 Å². The second-order valence-corrected chi connectivity index (χ2v) is 12.9. The largest absolute Gasteiger partial charge is 0.290 e. The smallest absolute Gasteiger partial charge is 0.229 e. The van der Waals surface area contributed by atoms with Gasteiger partial charge in [-0.2, -0.15) is 0 Å². The first-order valence-electron chi connectivity index (χ1n) is 14.6. The van der Waals surface area contributed by atoms with E-state index in [1.165, 1.54) is 22.3 Å². The molecule has 9 aliphatic rings. The Morgan fingerprint density at radius 1 is 0.450 bits per heavy atom. The first-order valence-corrected chi connectivity index (χ1v) is 14.6. The fraction of sp³-hybridized carbons (Fsp3) is 0.333. The van der Waals surface area contributed by atoms with Crippen LogP contribution in [0.4, 0.5) is 0 Å². The molecule has 0 aromatic heterocycles. The molecule has 4 heteroatoms. The molecule has 0 heterocycles. The van der Waals surface area contributed by atoms with Gasteiger partial charge in [-0.25, -0.2) is 0 Å². The van der Waals surface area contributed by atoms with E-state index in [2.05, 4.69) is 48.6 Å². The second-order valence-electron chi connectivity index (χ2n) is 12.9. The van der Waals surface area contributed by atoms with Gasteiger partial charge < -0.3 is 0 Å². The number of rotatable bonds is 0. The van der Waals surface area contributed by atoms with E-state index >= 15 is 0 Å². The van der Waals surface area contributed by atoms with Crippen molar-refractivity contribution in [1.29, 1.82) is 0 Å². The van der Waals surface area contributed by atoms with Crippen LogP contribution in [0.1, 0.15) is 51.4 Å². The van der Waals surface area contributed by atoms with Crippen LogP contribution in [0.5, 0.6) is 0 Å². The number of allylic oxidation sites excluding steroid dienone is 20. The zero-order valence-corrected chi connectivity index (χ0v) is 22.2. The summed E-state index contributed by atoms with van der Waals surface area (Å²) >= 11 is 0. The quantitative estimate of drug-likeness (QED) is 0.366. The lowest BCUT2D eigenvalue weighted by molar-refractivity contribution is -0.139. The highest BCUT2D eigenvalue weighted by Gasteiger charge is 2.44. The van der Waals surface area contributed by atoms with Crippen LogP contribution in [0.2, 0.25) is 0 Å². The van der Waals surface area contributed by atoms with Crippen molar-refractivity contribution in [1.82, 2.24) is 0 Å². The van der Waals surface area contributed by atoms with Crippen molar-refractivity contribution in [3.05, 3.63) is 115 Å². The average molecular weight is 525 g/mol. The fourth-order valence-corrected chi connectivity index (χ4v) is 8.65. The van der Waals surface area contributed by atoms with E-state index in [0.29, 0.717) is 49.7 Å². The average Bonchev–Trinajstić information content (AvgIpc) is 3.31. The topological polar surface area (TPSA) is 68.3 Å². The molecule has 0 radical (unpaired) electrons. The third-order valence-electron chi connectivity index (χ3n) is 10.9. The van der Waals surface area contributed by atoms with Crippen LogP contribution in [0.25, 0.3) is 0 Å². The van der Waals surface area contributed by atoms with Crippen molar-refractivity contribution in [3.63, 3.8) is 0 Å². The minimum absolute atomic E-state index is 0.0552. The monoisotopic (exact) mass is 524 g/mol. The van der Waals surface area contributed by atoms with E-state index in [-0.39, 0.29) is 35.0 Å². The zero-order chi connectivity index (χ0) is 26.9. The Morgan fingerprint density at radius 2 is 0.900 bits per heavy atom. The van der Waals surface area contributed by atoms with Gasteiger partial charge in [-0.1, -0.05) is 70.9 Å². The molecule has 0 aromatic rings. The van der Waals surface area contributed by atoms with Gasteiger partial charge in [0.1, 0.15) is 0 Å². The predicted octanol–water partition coefficient (Wildman–Crippen LogP) is 5.98. The number of carbonyl (C=O) groups excluding carboxylic acids is 4. The number of carbonyl (C=O) groups is 4. The van der Waals surface area contributed by atoms with Crippen molar-refractivity contribution in [3.8, 4) is 0 Å². The molecule has 0 N–H and O–H groups in total. The highest BCUT2D eigenvalue weighted by molar-refractivity contribution is 6.49. The van der Waals surface area contributed by atoms with Crippen molar-refractivity contribution >= 4 is 23.1 Å². The minimum Gasteiger partial charge on any atom is -0.290 e. The molecule has 4 nitrogen and oxygen atoms in total. The van der Waals surface area contributed by atoms with Crippen LogP contribution in [0.15, 0.2) is 115 Å². The third-order valence-corrected chi connectivity index (χ3v) is 10.9. The fourth-order valence-electron chi connectivity index (χ4n) is 8.65. The van der Waals surface area contributed by atoms with Gasteiger partial charge in [-0.15, -0.1) is 0 Å². The van der Waals surface area contributed by atoms with E-state index in [1.54, 1.807) is 0 Å². The van der Waals surface area contributed by atoms with E-state index in [9.17, 15) is 19.2 Å². The SMILES string of the molecule is O=C1C(=O)C2=C3C=C4CC5=C(C=CC4C2)CC2C(=O)C(=O)C4CC6=C(C=C4CC2=C5)CC2=CC(=C1CC2C=C6)C3. The zero-order valence-electron chi connectivity index (χ0n) is 22.2. The molecule has 4 unspecified atom stereocenters. The molecule has 0 saturated heterocycles. The molecule has 196 valence electrons. The summed E-state index contributed by atoms with van der Waals surface area (Å²) < 4.78 is 0. The number of hydrogen-bond donors (Lipinski definition) is 0. The van der Waals surface area contributed by atoms with Crippen LogP contribution >= 0.6 is 0 Å². The Hall–Kier alpha value is -3.92. The summed E-state index contributed by atoms with van der Waals surface area (Å²) in [6.07, 6.45) is 22.4. The van der Waals surface area contributed by atoms with Gasteiger partial charge >= 0.3 is 0 Å².